The summed E-state index contributed by atoms with van der Waals surface area (Å²) in [5.74, 6) is 0.402. The van der Waals surface area contributed by atoms with Gasteiger partial charge in [-0.15, -0.1) is 0 Å². The number of ether oxygens (including phenoxy) is 1. The molecule has 1 atom stereocenters. The van der Waals surface area contributed by atoms with E-state index in [-0.39, 0.29) is 24.5 Å². The summed E-state index contributed by atoms with van der Waals surface area (Å²) < 4.78 is 31.7. The molecule has 6 nitrogen and oxygen atoms in total. The number of anilines is 1. The molecule has 164 valence electrons. The number of benzene rings is 2. The first-order chi connectivity index (χ1) is 13.9. The van der Waals surface area contributed by atoms with Crippen molar-refractivity contribution < 1.29 is 17.9 Å². The van der Waals surface area contributed by atoms with Crippen LogP contribution in [-0.2, 0) is 20.2 Å². The summed E-state index contributed by atoms with van der Waals surface area (Å²) in [7, 11) is -3.63. The average Bonchev–Trinajstić information content (AvgIpc) is 2.63. The highest BCUT2D eigenvalue weighted by Gasteiger charge is 2.29. The zero-order chi connectivity index (χ0) is 22.5. The number of nitrogens with one attached hydrogen (secondary N) is 1. The molecule has 7 heteroatoms. The van der Waals surface area contributed by atoms with Gasteiger partial charge in [0.1, 0.15) is 18.4 Å². The van der Waals surface area contributed by atoms with Crippen LogP contribution in [-0.4, -0.2) is 39.8 Å². The van der Waals surface area contributed by atoms with E-state index in [1.807, 2.05) is 37.3 Å². The van der Waals surface area contributed by atoms with Crippen molar-refractivity contribution in [1.29, 1.82) is 0 Å². The van der Waals surface area contributed by atoms with Gasteiger partial charge in [-0.25, -0.2) is 8.42 Å². The third-order valence-electron chi connectivity index (χ3n) is 4.70. The smallest absolute Gasteiger partial charge is 0.243 e. The van der Waals surface area contributed by atoms with Gasteiger partial charge in [0, 0.05) is 0 Å². The molecule has 2 aromatic carbocycles. The summed E-state index contributed by atoms with van der Waals surface area (Å²) in [6.07, 6.45) is 1.10. The Balaban J connectivity index is 2.02. The first-order valence-corrected chi connectivity index (χ1v) is 11.8. The molecule has 0 heterocycles. The van der Waals surface area contributed by atoms with Crippen LogP contribution in [0.1, 0.15) is 38.8 Å². The molecule has 0 radical (unpaired) electrons. The lowest BCUT2D eigenvalue weighted by Crippen LogP contribution is -2.48. The van der Waals surface area contributed by atoms with E-state index in [0.29, 0.717) is 5.69 Å². The van der Waals surface area contributed by atoms with Crippen molar-refractivity contribution in [3.63, 3.8) is 0 Å². The molecule has 2 aromatic rings. The van der Waals surface area contributed by atoms with Crippen LogP contribution in [0.15, 0.2) is 48.5 Å². The van der Waals surface area contributed by atoms with Gasteiger partial charge < -0.3 is 10.1 Å². The van der Waals surface area contributed by atoms with Crippen molar-refractivity contribution in [2.45, 2.75) is 46.1 Å². The van der Waals surface area contributed by atoms with E-state index < -0.39 is 16.1 Å². The van der Waals surface area contributed by atoms with Gasteiger partial charge in [0.05, 0.1) is 18.5 Å². The number of para-hydroxylation sites is 1. The van der Waals surface area contributed by atoms with E-state index >= 15 is 0 Å². The molecule has 0 unspecified atom stereocenters. The second-order valence-electron chi connectivity index (χ2n) is 8.46. The number of amides is 1. The fourth-order valence-electron chi connectivity index (χ4n) is 3.27. The minimum atomic E-state index is -3.63. The van der Waals surface area contributed by atoms with Gasteiger partial charge in [0.15, 0.2) is 0 Å². The molecule has 0 saturated heterocycles. The van der Waals surface area contributed by atoms with Crippen molar-refractivity contribution in [3.05, 3.63) is 59.7 Å². The molecule has 0 aliphatic rings. The Morgan fingerprint density at radius 2 is 1.80 bits per heavy atom. The molecular weight excluding hydrogens is 400 g/mol. The van der Waals surface area contributed by atoms with Gasteiger partial charge in [0.25, 0.3) is 0 Å². The molecule has 0 fully saturated rings. The molecule has 0 aliphatic heterocycles. The fraction of sp³-hybridized carbons (Fsp3) is 0.435. The zero-order valence-electron chi connectivity index (χ0n) is 18.6. The second kappa shape index (κ2) is 9.51. The van der Waals surface area contributed by atoms with Crippen LogP contribution in [0, 0.1) is 6.92 Å². The molecule has 0 saturated carbocycles. The highest BCUT2D eigenvalue weighted by molar-refractivity contribution is 7.92. The topological polar surface area (TPSA) is 75.7 Å². The van der Waals surface area contributed by atoms with Crippen molar-refractivity contribution >= 4 is 21.6 Å². The van der Waals surface area contributed by atoms with Crippen molar-refractivity contribution in [2.24, 2.45) is 0 Å². The van der Waals surface area contributed by atoms with Crippen LogP contribution in [0.4, 0.5) is 5.69 Å². The summed E-state index contributed by atoms with van der Waals surface area (Å²) in [6, 6.07) is 14.0. The summed E-state index contributed by atoms with van der Waals surface area (Å²) in [5, 5.41) is 2.78. The lowest BCUT2D eigenvalue weighted by atomic mass is 9.86. The van der Waals surface area contributed by atoms with Crippen LogP contribution in [0.3, 0.4) is 0 Å². The largest absolute Gasteiger partial charge is 0.491 e. The molecule has 0 spiro atoms. The second-order valence-corrected chi connectivity index (χ2v) is 10.3. The molecule has 0 aliphatic carbocycles. The molecule has 1 N–H and O–H groups in total. The molecule has 1 amide bonds. The number of sulfonamides is 1. The molecule has 30 heavy (non-hydrogen) atoms. The van der Waals surface area contributed by atoms with Crippen molar-refractivity contribution in [2.75, 3.05) is 23.7 Å². The Morgan fingerprint density at radius 3 is 2.40 bits per heavy atom. The van der Waals surface area contributed by atoms with E-state index in [1.54, 1.807) is 25.1 Å². The van der Waals surface area contributed by atoms with Crippen LogP contribution < -0.4 is 14.4 Å². The lowest BCUT2D eigenvalue weighted by Gasteiger charge is -2.28. The van der Waals surface area contributed by atoms with Crippen LogP contribution >= 0.6 is 0 Å². The predicted octanol–water partition coefficient (Wildman–Crippen LogP) is 3.64. The average molecular weight is 433 g/mol. The van der Waals surface area contributed by atoms with Gasteiger partial charge in [-0.3, -0.25) is 9.10 Å². The fourth-order valence-corrected chi connectivity index (χ4v) is 4.44. The van der Waals surface area contributed by atoms with E-state index in [9.17, 15) is 13.2 Å². The minimum absolute atomic E-state index is 0.0574. The maximum atomic E-state index is 12.7. The number of hydrogen-bond donors (Lipinski definition) is 1. The van der Waals surface area contributed by atoms with E-state index in [0.717, 1.165) is 27.4 Å². The van der Waals surface area contributed by atoms with Crippen LogP contribution in [0.25, 0.3) is 0 Å². The molecule has 0 aromatic heterocycles. The van der Waals surface area contributed by atoms with Gasteiger partial charge >= 0.3 is 0 Å². The summed E-state index contributed by atoms with van der Waals surface area (Å²) in [4.78, 5) is 12.7. The number of carbonyl (C=O) groups excluding carboxylic acids is 1. The Bertz CT molecular complexity index is 981. The predicted molar refractivity (Wildman–Crippen MR) is 122 cm³/mol. The van der Waals surface area contributed by atoms with E-state index in [2.05, 4.69) is 26.1 Å². The van der Waals surface area contributed by atoms with Crippen LogP contribution in [0.5, 0.6) is 5.75 Å². The normalized spacial score (nSPS) is 12.9. The number of carbonyl (C=O) groups is 1. The number of aryl methyl sites for hydroxylation is 1. The first-order valence-electron chi connectivity index (χ1n) is 9.97. The monoisotopic (exact) mass is 432 g/mol. The summed E-state index contributed by atoms with van der Waals surface area (Å²) in [5.41, 5.74) is 2.42. The Morgan fingerprint density at radius 1 is 1.13 bits per heavy atom. The quantitative estimate of drug-likeness (QED) is 0.646. The van der Waals surface area contributed by atoms with Gasteiger partial charge in [-0.2, -0.15) is 0 Å². The van der Waals surface area contributed by atoms with E-state index in [1.165, 1.54) is 0 Å². The Labute approximate surface area is 180 Å². The zero-order valence-corrected chi connectivity index (χ0v) is 19.4. The molecule has 2 rings (SSSR count). The number of rotatable bonds is 8. The summed E-state index contributed by atoms with van der Waals surface area (Å²) >= 11 is 0. The van der Waals surface area contributed by atoms with E-state index in [4.69, 9.17) is 4.74 Å². The maximum Gasteiger partial charge on any atom is 0.243 e. The lowest BCUT2D eigenvalue weighted by molar-refractivity contribution is -0.121. The van der Waals surface area contributed by atoms with Crippen molar-refractivity contribution in [1.82, 2.24) is 5.32 Å². The van der Waals surface area contributed by atoms with Gasteiger partial charge in [-0.1, -0.05) is 51.1 Å². The van der Waals surface area contributed by atoms with Gasteiger partial charge in [-0.05, 0) is 48.6 Å². The third-order valence-corrected chi connectivity index (χ3v) is 5.94. The van der Waals surface area contributed by atoms with Crippen molar-refractivity contribution in [3.8, 4) is 5.75 Å². The number of hydrogen-bond acceptors (Lipinski definition) is 4. The first kappa shape index (κ1) is 23.7. The highest BCUT2D eigenvalue weighted by atomic mass is 32.2. The third kappa shape index (κ3) is 6.23. The SMILES string of the molecule is Cc1cccc(N([C@@H](C)C(=O)NCCOc2ccccc2C(C)(C)C)S(C)(=O)=O)c1. The Hall–Kier alpha value is -2.54. The number of nitrogens with zero attached hydrogens (tertiary/aromatic N) is 1. The van der Waals surface area contributed by atoms with Gasteiger partial charge in [0.2, 0.25) is 15.9 Å². The molecular formula is C23H32N2O4S. The molecule has 0 bridgehead atoms. The maximum absolute atomic E-state index is 12.7. The highest BCUT2D eigenvalue weighted by Crippen LogP contribution is 2.30. The summed E-state index contributed by atoms with van der Waals surface area (Å²) in [6.45, 7) is 10.4. The van der Waals surface area contributed by atoms with Crippen LogP contribution in [0.2, 0.25) is 0 Å². The standard InChI is InChI=1S/C23H32N2O4S/c1-17-10-9-11-19(16-17)25(30(6,27)28)18(2)22(26)24-14-15-29-21-13-8-7-12-20(21)23(3,4)5/h7-13,16,18H,14-15H2,1-6H3,(H,24,26)/t18-/m0/s1. The Kier molecular flexibility index (Phi) is 7.53. The minimum Gasteiger partial charge on any atom is -0.491 e.